The van der Waals surface area contributed by atoms with Crippen molar-refractivity contribution >= 4 is 23.4 Å². The lowest BCUT2D eigenvalue weighted by molar-refractivity contribution is 0.628. The molecule has 0 saturated carbocycles. The Balaban J connectivity index is 1.78. The fourth-order valence-electron chi connectivity index (χ4n) is 2.28. The molecule has 0 amide bonds. The van der Waals surface area contributed by atoms with Gasteiger partial charge in [-0.2, -0.15) is 5.10 Å². The minimum absolute atomic E-state index is 0.256. The van der Waals surface area contributed by atoms with Crippen molar-refractivity contribution in [1.82, 2.24) is 10.2 Å². The Morgan fingerprint density at radius 3 is 2.68 bits per heavy atom. The lowest BCUT2D eigenvalue weighted by Gasteiger charge is -2.08. The Hall–Kier alpha value is -3.41. The number of hydrogen-bond donors (Lipinski definition) is 3. The predicted octanol–water partition coefficient (Wildman–Crippen LogP) is 3.98. The van der Waals surface area contributed by atoms with Crippen LogP contribution in [-0.4, -0.2) is 16.0 Å². The third kappa shape index (κ3) is 4.32. The molecule has 1 aromatic heterocycles. The van der Waals surface area contributed by atoms with Gasteiger partial charge < -0.3 is 11.1 Å². The number of nitrogens with zero attached hydrogens (tertiary/aromatic N) is 2. The number of aliphatic imine (C=N–C) groups is 1. The Bertz CT molecular complexity index is 910. The smallest absolute Gasteiger partial charge is 0.175 e. The average Bonchev–Trinajstić information content (AvgIpc) is 3.02. The zero-order chi connectivity index (χ0) is 17.6. The molecule has 0 unspecified atom stereocenters. The van der Waals surface area contributed by atoms with Crippen LogP contribution in [0.4, 0.5) is 15.9 Å². The molecule has 2 aromatic carbocycles. The Kier molecular flexibility index (Phi) is 4.89. The number of aryl methyl sites for hydroxylation is 1. The van der Waals surface area contributed by atoms with Crippen molar-refractivity contribution in [3.63, 3.8) is 0 Å². The lowest BCUT2D eigenvalue weighted by Crippen LogP contribution is -2.14. The molecule has 25 heavy (non-hydrogen) atoms. The zero-order valence-corrected chi connectivity index (χ0v) is 13.7. The standard InChI is InChI=1S/C19H18FN5/c1-13-12-18(25-24-13)23-19(21)16-4-2-3-5-17(16)22-11-10-14-6-8-15(20)9-7-14/h2-12,22H,1H3,(H3,21,23,24,25)/b11-10+. The molecule has 3 rings (SSSR count). The number of benzene rings is 2. The lowest BCUT2D eigenvalue weighted by atomic mass is 10.1. The Morgan fingerprint density at radius 2 is 1.96 bits per heavy atom. The van der Waals surface area contributed by atoms with Gasteiger partial charge in [0.25, 0.3) is 0 Å². The molecule has 1 heterocycles. The number of nitrogens with one attached hydrogen (secondary N) is 2. The second-order valence-electron chi connectivity index (χ2n) is 5.48. The van der Waals surface area contributed by atoms with Crippen LogP contribution in [0.2, 0.25) is 0 Å². The van der Waals surface area contributed by atoms with Crippen LogP contribution in [0.5, 0.6) is 0 Å². The van der Waals surface area contributed by atoms with Gasteiger partial charge in [0.2, 0.25) is 0 Å². The quantitative estimate of drug-likeness (QED) is 0.487. The monoisotopic (exact) mass is 335 g/mol. The van der Waals surface area contributed by atoms with E-state index in [4.69, 9.17) is 5.73 Å². The third-order valence-corrected chi connectivity index (χ3v) is 3.52. The van der Waals surface area contributed by atoms with Crippen molar-refractivity contribution in [3.8, 4) is 0 Å². The summed E-state index contributed by atoms with van der Waals surface area (Å²) < 4.78 is 12.9. The van der Waals surface area contributed by atoms with E-state index in [0.717, 1.165) is 22.5 Å². The first-order valence-corrected chi connectivity index (χ1v) is 7.76. The first-order chi connectivity index (χ1) is 12.1. The summed E-state index contributed by atoms with van der Waals surface area (Å²) in [5.41, 5.74) is 9.52. The molecular weight excluding hydrogens is 317 g/mol. The second kappa shape index (κ2) is 7.44. The minimum atomic E-state index is -0.256. The highest BCUT2D eigenvalue weighted by atomic mass is 19.1. The zero-order valence-electron chi connectivity index (χ0n) is 13.7. The fraction of sp³-hybridized carbons (Fsp3) is 0.0526. The van der Waals surface area contributed by atoms with Crippen LogP contribution in [0.15, 0.2) is 65.8 Å². The molecule has 0 spiro atoms. The summed E-state index contributed by atoms with van der Waals surface area (Å²) in [5, 5.41) is 10.1. The van der Waals surface area contributed by atoms with Gasteiger partial charge in [0.05, 0.1) is 0 Å². The van der Waals surface area contributed by atoms with E-state index in [1.54, 1.807) is 18.3 Å². The summed E-state index contributed by atoms with van der Waals surface area (Å²) in [7, 11) is 0. The van der Waals surface area contributed by atoms with Crippen LogP contribution in [0.3, 0.4) is 0 Å². The van der Waals surface area contributed by atoms with Gasteiger partial charge in [-0.3, -0.25) is 5.10 Å². The minimum Gasteiger partial charge on any atom is -0.383 e. The molecule has 0 fully saturated rings. The summed E-state index contributed by atoms with van der Waals surface area (Å²) in [4.78, 5) is 4.33. The molecule has 0 bridgehead atoms. The summed E-state index contributed by atoms with van der Waals surface area (Å²) in [6, 6.07) is 15.6. The molecule has 0 atom stereocenters. The van der Waals surface area contributed by atoms with Crippen molar-refractivity contribution < 1.29 is 4.39 Å². The van der Waals surface area contributed by atoms with E-state index >= 15 is 0 Å². The van der Waals surface area contributed by atoms with E-state index in [1.807, 2.05) is 43.3 Å². The topological polar surface area (TPSA) is 79.1 Å². The van der Waals surface area contributed by atoms with Crippen LogP contribution in [0.1, 0.15) is 16.8 Å². The van der Waals surface area contributed by atoms with Crippen molar-refractivity contribution in [2.24, 2.45) is 10.7 Å². The van der Waals surface area contributed by atoms with E-state index in [1.165, 1.54) is 12.1 Å². The van der Waals surface area contributed by atoms with Gasteiger partial charge in [-0.15, -0.1) is 0 Å². The normalized spacial score (nSPS) is 11.8. The molecule has 5 nitrogen and oxygen atoms in total. The number of halogens is 1. The van der Waals surface area contributed by atoms with Gasteiger partial charge in [0, 0.05) is 29.2 Å². The summed E-state index contributed by atoms with van der Waals surface area (Å²) in [5.74, 6) is 0.643. The number of hydrogen-bond acceptors (Lipinski definition) is 3. The molecular formula is C19H18FN5. The van der Waals surface area contributed by atoms with Crippen molar-refractivity contribution in [2.75, 3.05) is 5.32 Å². The molecule has 3 aromatic rings. The first kappa shape index (κ1) is 16.4. The molecule has 4 N–H and O–H groups in total. The highest BCUT2D eigenvalue weighted by Crippen LogP contribution is 2.18. The van der Waals surface area contributed by atoms with Gasteiger partial charge in [0.1, 0.15) is 11.7 Å². The van der Waals surface area contributed by atoms with Crippen LogP contribution < -0.4 is 11.1 Å². The van der Waals surface area contributed by atoms with Gasteiger partial charge >= 0.3 is 0 Å². The number of rotatable bonds is 5. The highest BCUT2D eigenvalue weighted by molar-refractivity contribution is 6.03. The van der Waals surface area contributed by atoms with Gasteiger partial charge in [-0.05, 0) is 42.8 Å². The van der Waals surface area contributed by atoms with E-state index in [0.29, 0.717) is 11.7 Å². The summed E-state index contributed by atoms with van der Waals surface area (Å²) in [6.45, 7) is 1.90. The molecule has 6 heteroatoms. The molecule has 0 aliphatic rings. The van der Waals surface area contributed by atoms with Gasteiger partial charge in [-0.25, -0.2) is 9.38 Å². The molecule has 0 saturated heterocycles. The van der Waals surface area contributed by atoms with Crippen LogP contribution in [0, 0.1) is 12.7 Å². The van der Waals surface area contributed by atoms with Crippen molar-refractivity contribution in [2.45, 2.75) is 6.92 Å². The third-order valence-electron chi connectivity index (χ3n) is 3.52. The molecule has 126 valence electrons. The van der Waals surface area contributed by atoms with Gasteiger partial charge in [0.15, 0.2) is 5.82 Å². The fourth-order valence-corrected chi connectivity index (χ4v) is 2.28. The number of H-pyrrole nitrogens is 1. The number of para-hydroxylation sites is 1. The maximum absolute atomic E-state index is 12.9. The number of nitrogens with two attached hydrogens (primary N) is 1. The molecule has 0 aliphatic heterocycles. The average molecular weight is 335 g/mol. The number of anilines is 1. The summed E-state index contributed by atoms with van der Waals surface area (Å²) >= 11 is 0. The van der Waals surface area contributed by atoms with Crippen LogP contribution in [0.25, 0.3) is 6.08 Å². The number of amidine groups is 1. The SMILES string of the molecule is Cc1cc(N=C(N)c2ccccc2N/C=C/c2ccc(F)cc2)n[nH]1. The van der Waals surface area contributed by atoms with Gasteiger partial charge in [-0.1, -0.05) is 24.3 Å². The maximum atomic E-state index is 12.9. The van der Waals surface area contributed by atoms with E-state index < -0.39 is 0 Å². The summed E-state index contributed by atoms with van der Waals surface area (Å²) in [6.07, 6.45) is 3.62. The van der Waals surface area contributed by atoms with Crippen molar-refractivity contribution in [3.05, 3.63) is 83.4 Å². The highest BCUT2D eigenvalue weighted by Gasteiger charge is 2.06. The first-order valence-electron chi connectivity index (χ1n) is 7.76. The van der Waals surface area contributed by atoms with E-state index in [2.05, 4.69) is 20.5 Å². The second-order valence-corrected chi connectivity index (χ2v) is 5.48. The Morgan fingerprint density at radius 1 is 1.20 bits per heavy atom. The van der Waals surface area contributed by atoms with E-state index in [-0.39, 0.29) is 5.82 Å². The van der Waals surface area contributed by atoms with Crippen LogP contribution >= 0.6 is 0 Å². The number of aromatic nitrogens is 2. The van der Waals surface area contributed by atoms with E-state index in [9.17, 15) is 4.39 Å². The van der Waals surface area contributed by atoms with Crippen molar-refractivity contribution in [1.29, 1.82) is 0 Å². The molecule has 0 radical (unpaired) electrons. The predicted molar refractivity (Wildman–Crippen MR) is 99.2 cm³/mol. The molecule has 0 aliphatic carbocycles. The largest absolute Gasteiger partial charge is 0.383 e. The number of aromatic amines is 1. The maximum Gasteiger partial charge on any atom is 0.175 e. The van der Waals surface area contributed by atoms with Crippen LogP contribution in [-0.2, 0) is 0 Å². The Labute approximate surface area is 145 Å².